The summed E-state index contributed by atoms with van der Waals surface area (Å²) in [7, 11) is 0. The Balaban J connectivity index is 1.67. The van der Waals surface area contributed by atoms with E-state index in [1.165, 1.54) is 0 Å². The Bertz CT molecular complexity index is 636. The molecule has 1 aliphatic rings. The molecule has 24 heavy (non-hydrogen) atoms. The van der Waals surface area contributed by atoms with Crippen LogP contribution in [0.25, 0.3) is 0 Å². The van der Waals surface area contributed by atoms with Gasteiger partial charge in [0.1, 0.15) is 12.4 Å². The minimum absolute atomic E-state index is 0.0579. The van der Waals surface area contributed by atoms with Crippen LogP contribution in [-0.4, -0.2) is 46.9 Å². The molecule has 128 valence electrons. The Labute approximate surface area is 142 Å². The van der Waals surface area contributed by atoms with Gasteiger partial charge in [0, 0.05) is 42.7 Å². The van der Waals surface area contributed by atoms with E-state index >= 15 is 0 Å². The summed E-state index contributed by atoms with van der Waals surface area (Å²) in [5.74, 6) is 0.889. The zero-order valence-electron chi connectivity index (χ0n) is 14.0. The first-order valence-electron chi connectivity index (χ1n) is 8.32. The maximum atomic E-state index is 9.34. The largest absolute Gasteiger partial charge is 0.489 e. The molecule has 2 atom stereocenters. The van der Waals surface area contributed by atoms with Gasteiger partial charge in [-0.15, -0.1) is 0 Å². The molecule has 1 aromatic heterocycles. The summed E-state index contributed by atoms with van der Waals surface area (Å²) in [5.41, 5.74) is 2.19. The normalized spacial score (nSPS) is 21.6. The van der Waals surface area contributed by atoms with E-state index in [4.69, 9.17) is 9.47 Å². The monoisotopic (exact) mass is 328 g/mol. The van der Waals surface area contributed by atoms with Gasteiger partial charge in [-0.25, -0.2) is 0 Å². The molecule has 2 aromatic rings. The first-order valence-corrected chi connectivity index (χ1v) is 8.32. The number of pyridine rings is 1. The van der Waals surface area contributed by atoms with E-state index in [9.17, 15) is 5.11 Å². The summed E-state index contributed by atoms with van der Waals surface area (Å²) < 4.78 is 11.6. The summed E-state index contributed by atoms with van der Waals surface area (Å²) in [5, 5.41) is 9.34. The minimum atomic E-state index is -0.107. The molecule has 3 rings (SSSR count). The topological polar surface area (TPSA) is 54.8 Å². The molecule has 0 unspecified atom stereocenters. The van der Waals surface area contributed by atoms with Crippen LogP contribution in [0.4, 0.5) is 0 Å². The third-order valence-electron chi connectivity index (χ3n) is 4.30. The maximum Gasteiger partial charge on any atom is 0.124 e. The van der Waals surface area contributed by atoms with Gasteiger partial charge in [0.2, 0.25) is 0 Å². The fraction of sp³-hybridized carbons (Fsp3) is 0.421. The molecule has 5 heteroatoms. The first kappa shape index (κ1) is 16.9. The molecule has 1 fully saturated rings. The Morgan fingerprint density at radius 3 is 2.96 bits per heavy atom. The Morgan fingerprint density at radius 1 is 1.29 bits per heavy atom. The van der Waals surface area contributed by atoms with Gasteiger partial charge < -0.3 is 14.6 Å². The average molecular weight is 328 g/mol. The highest BCUT2D eigenvalue weighted by Crippen LogP contribution is 2.23. The van der Waals surface area contributed by atoms with Crippen LogP contribution in [0.3, 0.4) is 0 Å². The predicted octanol–water partition coefficient (Wildman–Crippen LogP) is 2.24. The van der Waals surface area contributed by atoms with Crippen LogP contribution in [0.2, 0.25) is 0 Å². The number of nitrogens with zero attached hydrogens (tertiary/aromatic N) is 2. The fourth-order valence-corrected chi connectivity index (χ4v) is 2.84. The lowest BCUT2D eigenvalue weighted by molar-refractivity contribution is -0.0807. The van der Waals surface area contributed by atoms with Gasteiger partial charge in [-0.3, -0.25) is 9.88 Å². The van der Waals surface area contributed by atoms with Crippen LogP contribution in [0, 0.1) is 0 Å². The highest BCUT2D eigenvalue weighted by Gasteiger charge is 2.26. The van der Waals surface area contributed by atoms with Crippen molar-refractivity contribution >= 4 is 0 Å². The third-order valence-corrected chi connectivity index (χ3v) is 4.30. The lowest BCUT2D eigenvalue weighted by Gasteiger charge is -2.37. The Kier molecular flexibility index (Phi) is 5.80. The molecular formula is C19H24N2O3. The van der Waals surface area contributed by atoms with Crippen molar-refractivity contribution in [1.82, 2.24) is 9.88 Å². The summed E-state index contributed by atoms with van der Waals surface area (Å²) in [6.07, 6.45) is 3.47. The minimum Gasteiger partial charge on any atom is -0.489 e. The van der Waals surface area contributed by atoms with Crippen molar-refractivity contribution in [2.75, 3.05) is 19.8 Å². The second kappa shape index (κ2) is 8.24. The molecule has 1 aromatic carbocycles. The van der Waals surface area contributed by atoms with Crippen LogP contribution in [0.15, 0.2) is 48.8 Å². The van der Waals surface area contributed by atoms with Crippen molar-refractivity contribution in [3.63, 3.8) is 0 Å². The Hall–Kier alpha value is -1.95. The molecule has 5 nitrogen and oxygen atoms in total. The standard InChI is InChI=1S/C19H24N2O3/c1-15-13-23-18(12-22)11-21(15)10-17-6-2-3-7-19(17)24-14-16-5-4-8-20-9-16/h2-9,15,18,22H,10-14H2,1H3/t15-,18-/m1/s1. The Morgan fingerprint density at radius 2 is 2.17 bits per heavy atom. The molecule has 0 amide bonds. The van der Waals surface area contributed by atoms with Gasteiger partial charge in [0.05, 0.1) is 19.3 Å². The van der Waals surface area contributed by atoms with Crippen LogP contribution in [0.5, 0.6) is 5.75 Å². The maximum absolute atomic E-state index is 9.34. The van der Waals surface area contributed by atoms with E-state index in [2.05, 4.69) is 22.9 Å². The van der Waals surface area contributed by atoms with Crippen molar-refractivity contribution in [2.24, 2.45) is 0 Å². The molecule has 0 radical (unpaired) electrons. The summed E-state index contributed by atoms with van der Waals surface area (Å²) in [4.78, 5) is 6.44. The van der Waals surface area contributed by atoms with Crippen LogP contribution in [0.1, 0.15) is 18.1 Å². The number of rotatable bonds is 6. The molecule has 1 saturated heterocycles. The average Bonchev–Trinajstić information content (AvgIpc) is 2.63. The SMILES string of the molecule is C[C@@H]1CO[C@@H](CO)CN1Cc1ccccc1OCc1cccnc1. The van der Waals surface area contributed by atoms with Crippen molar-refractivity contribution in [3.05, 3.63) is 59.9 Å². The summed E-state index contributed by atoms with van der Waals surface area (Å²) in [6, 6.07) is 12.3. The zero-order chi connectivity index (χ0) is 16.8. The second-order valence-electron chi connectivity index (χ2n) is 6.17. The number of aromatic nitrogens is 1. The molecular weight excluding hydrogens is 304 g/mol. The van der Waals surface area contributed by atoms with Crippen molar-refractivity contribution in [3.8, 4) is 5.75 Å². The van der Waals surface area contributed by atoms with Gasteiger partial charge in [-0.05, 0) is 19.1 Å². The van der Waals surface area contributed by atoms with Crippen molar-refractivity contribution in [1.29, 1.82) is 0 Å². The molecule has 0 aliphatic carbocycles. The highest BCUT2D eigenvalue weighted by atomic mass is 16.5. The van der Waals surface area contributed by atoms with Crippen LogP contribution in [-0.2, 0) is 17.9 Å². The highest BCUT2D eigenvalue weighted by molar-refractivity contribution is 5.33. The van der Waals surface area contributed by atoms with Crippen LogP contribution < -0.4 is 4.74 Å². The van der Waals surface area contributed by atoms with E-state index < -0.39 is 0 Å². The number of aliphatic hydroxyl groups is 1. The number of benzene rings is 1. The number of ether oxygens (including phenoxy) is 2. The number of aliphatic hydroxyl groups excluding tert-OH is 1. The van der Waals surface area contributed by atoms with Gasteiger partial charge in [-0.2, -0.15) is 0 Å². The van der Waals surface area contributed by atoms with E-state index in [0.717, 1.165) is 30.0 Å². The molecule has 1 aliphatic heterocycles. The van der Waals surface area contributed by atoms with Gasteiger partial charge in [0.15, 0.2) is 0 Å². The smallest absolute Gasteiger partial charge is 0.124 e. The summed E-state index contributed by atoms with van der Waals surface area (Å²) in [6.45, 7) is 4.86. The van der Waals surface area contributed by atoms with Gasteiger partial charge >= 0.3 is 0 Å². The zero-order valence-corrected chi connectivity index (χ0v) is 14.0. The number of para-hydroxylation sites is 1. The lowest BCUT2D eigenvalue weighted by Crippen LogP contribution is -2.48. The second-order valence-corrected chi connectivity index (χ2v) is 6.17. The van der Waals surface area contributed by atoms with E-state index in [0.29, 0.717) is 19.3 Å². The van der Waals surface area contributed by atoms with E-state index in [1.807, 2.05) is 36.5 Å². The lowest BCUT2D eigenvalue weighted by atomic mass is 10.1. The number of morpholine rings is 1. The van der Waals surface area contributed by atoms with Crippen LogP contribution >= 0.6 is 0 Å². The van der Waals surface area contributed by atoms with Crippen molar-refractivity contribution < 1.29 is 14.6 Å². The predicted molar refractivity (Wildman–Crippen MR) is 91.7 cm³/mol. The van der Waals surface area contributed by atoms with E-state index in [1.54, 1.807) is 6.20 Å². The molecule has 2 heterocycles. The molecule has 0 spiro atoms. The molecule has 0 saturated carbocycles. The first-order chi connectivity index (χ1) is 11.8. The fourth-order valence-electron chi connectivity index (χ4n) is 2.84. The summed E-state index contributed by atoms with van der Waals surface area (Å²) >= 11 is 0. The van der Waals surface area contributed by atoms with Crippen molar-refractivity contribution in [2.45, 2.75) is 32.2 Å². The molecule has 0 bridgehead atoms. The number of hydrogen-bond donors (Lipinski definition) is 1. The molecule has 1 N–H and O–H groups in total. The van der Waals surface area contributed by atoms with Gasteiger partial charge in [-0.1, -0.05) is 24.3 Å². The number of hydrogen-bond acceptors (Lipinski definition) is 5. The quantitative estimate of drug-likeness (QED) is 0.881. The van der Waals surface area contributed by atoms with Gasteiger partial charge in [0.25, 0.3) is 0 Å². The third kappa shape index (κ3) is 4.32. The van der Waals surface area contributed by atoms with E-state index in [-0.39, 0.29) is 12.7 Å².